The Balaban J connectivity index is 2.03. The van der Waals surface area contributed by atoms with E-state index >= 15 is 0 Å². The minimum absolute atomic E-state index is 0.0523. The predicted molar refractivity (Wildman–Crippen MR) is 63.3 cm³/mol. The summed E-state index contributed by atoms with van der Waals surface area (Å²) in [5.41, 5.74) is 5.54. The molecule has 0 aromatic heterocycles. The van der Waals surface area contributed by atoms with Gasteiger partial charge in [0, 0.05) is 12.1 Å². The largest absolute Gasteiger partial charge is 0.394 e. The average molecular weight is 231 g/mol. The Morgan fingerprint density at radius 1 is 1.44 bits per heavy atom. The zero-order valence-electron chi connectivity index (χ0n) is 10.4. The first kappa shape index (κ1) is 13.9. The molecule has 1 aliphatic rings. The first-order chi connectivity index (χ1) is 7.56. The van der Waals surface area contributed by atoms with E-state index in [4.69, 9.17) is 20.3 Å². The molecule has 0 radical (unpaired) electrons. The number of rotatable bonds is 7. The maximum Gasteiger partial charge on any atom is 0.0704 e. The molecule has 0 heterocycles. The molecule has 1 fully saturated rings. The van der Waals surface area contributed by atoms with E-state index in [1.807, 2.05) is 0 Å². The maximum atomic E-state index is 9.11. The van der Waals surface area contributed by atoms with Gasteiger partial charge in [0.2, 0.25) is 0 Å². The van der Waals surface area contributed by atoms with E-state index in [-0.39, 0.29) is 12.7 Å². The zero-order valence-corrected chi connectivity index (χ0v) is 10.4. The Bertz CT molecular complexity index is 199. The van der Waals surface area contributed by atoms with E-state index < -0.39 is 5.54 Å². The molecule has 1 saturated carbocycles. The van der Waals surface area contributed by atoms with Gasteiger partial charge in [-0.1, -0.05) is 13.8 Å². The molecule has 0 amide bonds. The van der Waals surface area contributed by atoms with Crippen molar-refractivity contribution in [2.75, 3.05) is 26.4 Å². The van der Waals surface area contributed by atoms with Gasteiger partial charge in [-0.2, -0.15) is 0 Å². The lowest BCUT2D eigenvalue weighted by Crippen LogP contribution is -2.41. The van der Waals surface area contributed by atoms with Gasteiger partial charge in [-0.25, -0.2) is 0 Å². The molecule has 1 aliphatic carbocycles. The van der Waals surface area contributed by atoms with Gasteiger partial charge in [0.05, 0.1) is 25.9 Å². The van der Waals surface area contributed by atoms with Crippen LogP contribution in [0.3, 0.4) is 0 Å². The van der Waals surface area contributed by atoms with E-state index in [1.165, 1.54) is 0 Å². The van der Waals surface area contributed by atoms with Crippen molar-refractivity contribution in [3.05, 3.63) is 0 Å². The van der Waals surface area contributed by atoms with Crippen LogP contribution >= 0.6 is 0 Å². The summed E-state index contributed by atoms with van der Waals surface area (Å²) in [6, 6.07) is 0. The minimum Gasteiger partial charge on any atom is -0.394 e. The number of aliphatic hydroxyl groups is 1. The molecule has 2 unspecified atom stereocenters. The number of aliphatic hydroxyl groups excluding tert-OH is 1. The zero-order chi connectivity index (χ0) is 12.0. The fraction of sp³-hybridized carbons (Fsp3) is 1.00. The molecule has 0 saturated heterocycles. The van der Waals surface area contributed by atoms with Crippen LogP contribution in [-0.2, 0) is 9.47 Å². The first-order valence-corrected chi connectivity index (χ1v) is 6.15. The van der Waals surface area contributed by atoms with Crippen molar-refractivity contribution in [2.24, 2.45) is 11.7 Å². The first-order valence-electron chi connectivity index (χ1n) is 6.15. The molecule has 0 spiro atoms. The molecule has 4 nitrogen and oxygen atoms in total. The lowest BCUT2D eigenvalue weighted by Gasteiger charge is -2.20. The molecule has 4 heteroatoms. The fourth-order valence-corrected chi connectivity index (χ4v) is 1.98. The van der Waals surface area contributed by atoms with Crippen LogP contribution < -0.4 is 5.73 Å². The Morgan fingerprint density at radius 2 is 2.19 bits per heavy atom. The quantitative estimate of drug-likeness (QED) is 0.639. The molecule has 0 aromatic carbocycles. The van der Waals surface area contributed by atoms with Gasteiger partial charge in [-0.15, -0.1) is 0 Å². The number of nitrogens with two attached hydrogens (primary N) is 1. The summed E-state index contributed by atoms with van der Waals surface area (Å²) >= 11 is 0. The van der Waals surface area contributed by atoms with E-state index in [2.05, 4.69) is 13.8 Å². The standard InChI is InChI=1S/C12H25NO3/c1-10(2)8-15-5-6-16-11-3-4-12(13,7-11)9-14/h10-11,14H,3-9,13H2,1-2H3. The van der Waals surface area contributed by atoms with Gasteiger partial charge in [-0.3, -0.25) is 0 Å². The summed E-state index contributed by atoms with van der Waals surface area (Å²) in [6.07, 6.45) is 2.75. The third-order valence-corrected chi connectivity index (χ3v) is 2.95. The van der Waals surface area contributed by atoms with Crippen molar-refractivity contribution in [1.82, 2.24) is 0 Å². The summed E-state index contributed by atoms with van der Waals surface area (Å²) in [4.78, 5) is 0. The topological polar surface area (TPSA) is 64.7 Å². The van der Waals surface area contributed by atoms with Gasteiger partial charge in [-0.05, 0) is 25.2 Å². The molecule has 1 rings (SSSR count). The van der Waals surface area contributed by atoms with Crippen molar-refractivity contribution < 1.29 is 14.6 Å². The van der Waals surface area contributed by atoms with Crippen LogP contribution in [0.1, 0.15) is 33.1 Å². The van der Waals surface area contributed by atoms with Crippen molar-refractivity contribution in [3.8, 4) is 0 Å². The molecule has 0 aromatic rings. The van der Waals surface area contributed by atoms with Crippen LogP contribution in [-0.4, -0.2) is 43.2 Å². The van der Waals surface area contributed by atoms with Crippen molar-refractivity contribution in [1.29, 1.82) is 0 Å². The second-order valence-electron chi connectivity index (χ2n) is 5.22. The number of ether oxygens (including phenoxy) is 2. The highest BCUT2D eigenvalue weighted by Gasteiger charge is 2.35. The molecule has 0 aliphatic heterocycles. The summed E-state index contributed by atoms with van der Waals surface area (Å²) in [5, 5.41) is 9.11. The van der Waals surface area contributed by atoms with Crippen LogP contribution in [0.2, 0.25) is 0 Å². The van der Waals surface area contributed by atoms with E-state index in [1.54, 1.807) is 0 Å². The molecule has 96 valence electrons. The Kier molecular flexibility index (Phi) is 5.69. The van der Waals surface area contributed by atoms with Crippen molar-refractivity contribution >= 4 is 0 Å². The summed E-state index contributed by atoms with van der Waals surface area (Å²) in [7, 11) is 0. The van der Waals surface area contributed by atoms with E-state index in [9.17, 15) is 0 Å². The van der Waals surface area contributed by atoms with Crippen LogP contribution in [0.4, 0.5) is 0 Å². The van der Waals surface area contributed by atoms with Gasteiger partial charge >= 0.3 is 0 Å². The molecular weight excluding hydrogens is 206 g/mol. The maximum absolute atomic E-state index is 9.11. The predicted octanol–water partition coefficient (Wildman–Crippen LogP) is 0.918. The summed E-state index contributed by atoms with van der Waals surface area (Å²) in [5.74, 6) is 0.567. The van der Waals surface area contributed by atoms with Gasteiger partial charge < -0.3 is 20.3 Å². The van der Waals surface area contributed by atoms with Crippen LogP contribution in [0.15, 0.2) is 0 Å². The smallest absolute Gasteiger partial charge is 0.0704 e. The second-order valence-corrected chi connectivity index (χ2v) is 5.22. The van der Waals surface area contributed by atoms with Gasteiger partial charge in [0.25, 0.3) is 0 Å². The molecule has 0 bridgehead atoms. The monoisotopic (exact) mass is 231 g/mol. The van der Waals surface area contributed by atoms with Gasteiger partial charge in [0.1, 0.15) is 0 Å². The molecule has 16 heavy (non-hydrogen) atoms. The van der Waals surface area contributed by atoms with Crippen LogP contribution in [0.25, 0.3) is 0 Å². The fourth-order valence-electron chi connectivity index (χ4n) is 1.98. The van der Waals surface area contributed by atoms with Crippen molar-refractivity contribution in [3.63, 3.8) is 0 Å². The Labute approximate surface area is 98.1 Å². The summed E-state index contributed by atoms with van der Waals surface area (Å²) < 4.78 is 11.1. The third kappa shape index (κ3) is 4.78. The van der Waals surface area contributed by atoms with Gasteiger partial charge in [0.15, 0.2) is 0 Å². The SMILES string of the molecule is CC(C)COCCOC1CCC(N)(CO)C1. The van der Waals surface area contributed by atoms with Crippen LogP contribution in [0, 0.1) is 5.92 Å². The summed E-state index contributed by atoms with van der Waals surface area (Å²) in [6.45, 7) is 6.36. The van der Waals surface area contributed by atoms with E-state index in [0.29, 0.717) is 19.1 Å². The lowest BCUT2D eigenvalue weighted by atomic mass is 10.0. The molecule has 2 atom stereocenters. The normalized spacial score (nSPS) is 30.2. The van der Waals surface area contributed by atoms with Crippen molar-refractivity contribution in [2.45, 2.75) is 44.8 Å². The number of hydrogen-bond donors (Lipinski definition) is 2. The lowest BCUT2D eigenvalue weighted by molar-refractivity contribution is -0.00110. The highest BCUT2D eigenvalue weighted by molar-refractivity contribution is 4.93. The minimum atomic E-state index is -0.413. The second kappa shape index (κ2) is 6.55. The van der Waals surface area contributed by atoms with Crippen LogP contribution in [0.5, 0.6) is 0 Å². The van der Waals surface area contributed by atoms with E-state index in [0.717, 1.165) is 25.9 Å². The Hall–Kier alpha value is -0.160. The average Bonchev–Trinajstić information content (AvgIpc) is 2.61. The molecular formula is C12H25NO3. The third-order valence-electron chi connectivity index (χ3n) is 2.95. The highest BCUT2D eigenvalue weighted by atomic mass is 16.5. The number of hydrogen-bond acceptors (Lipinski definition) is 4. The molecule has 3 N–H and O–H groups in total. The Morgan fingerprint density at radius 3 is 2.75 bits per heavy atom. The highest BCUT2D eigenvalue weighted by Crippen LogP contribution is 2.29.